The standard InChI is InChI=1S/C12H12ClF2NO3S/c1-7-2-11(9(13)4-10(7)14)16-5-8(3-12(16)17)6-20(15,18)19/h2,4,8H,3,5-6H2,1H3. The Morgan fingerprint density at radius 2 is 2.10 bits per heavy atom. The van der Waals surface area contributed by atoms with E-state index >= 15 is 0 Å². The van der Waals surface area contributed by atoms with Crippen LogP contribution in [0.4, 0.5) is 14.0 Å². The first kappa shape index (κ1) is 15.2. The summed E-state index contributed by atoms with van der Waals surface area (Å²) in [5.41, 5.74) is 0.632. The molecule has 0 saturated carbocycles. The van der Waals surface area contributed by atoms with Crippen molar-refractivity contribution in [2.45, 2.75) is 13.3 Å². The molecule has 1 amide bonds. The van der Waals surface area contributed by atoms with Crippen molar-refractivity contribution >= 4 is 33.4 Å². The zero-order chi connectivity index (χ0) is 15.1. The lowest BCUT2D eigenvalue weighted by Crippen LogP contribution is -2.25. The predicted molar refractivity (Wildman–Crippen MR) is 71.5 cm³/mol. The summed E-state index contributed by atoms with van der Waals surface area (Å²) in [7, 11) is -4.63. The van der Waals surface area contributed by atoms with E-state index in [0.717, 1.165) is 6.07 Å². The highest BCUT2D eigenvalue weighted by molar-refractivity contribution is 7.86. The lowest BCUT2D eigenvalue weighted by atomic mass is 10.1. The van der Waals surface area contributed by atoms with Crippen molar-refractivity contribution in [1.82, 2.24) is 0 Å². The van der Waals surface area contributed by atoms with Crippen LogP contribution in [0.15, 0.2) is 12.1 Å². The first-order chi connectivity index (χ1) is 9.17. The molecule has 0 spiro atoms. The Labute approximate surface area is 120 Å². The number of aryl methyl sites for hydroxylation is 1. The van der Waals surface area contributed by atoms with Crippen molar-refractivity contribution in [3.63, 3.8) is 0 Å². The van der Waals surface area contributed by atoms with Gasteiger partial charge in [0, 0.05) is 18.9 Å². The van der Waals surface area contributed by atoms with Gasteiger partial charge >= 0.3 is 10.2 Å². The van der Waals surface area contributed by atoms with Crippen molar-refractivity contribution < 1.29 is 21.5 Å². The zero-order valence-corrected chi connectivity index (χ0v) is 12.1. The number of carbonyl (C=O) groups excluding carboxylic acids is 1. The molecule has 1 aliphatic rings. The molecule has 1 unspecified atom stereocenters. The van der Waals surface area contributed by atoms with Crippen LogP contribution in [0, 0.1) is 18.7 Å². The molecule has 1 aromatic rings. The highest BCUT2D eigenvalue weighted by Crippen LogP contribution is 2.33. The van der Waals surface area contributed by atoms with Crippen LogP contribution in [-0.4, -0.2) is 26.6 Å². The summed E-state index contributed by atoms with van der Waals surface area (Å²) in [5.74, 6) is -2.17. The van der Waals surface area contributed by atoms with Gasteiger partial charge in [0.05, 0.1) is 16.5 Å². The van der Waals surface area contributed by atoms with Gasteiger partial charge in [-0.05, 0) is 24.6 Å². The second kappa shape index (κ2) is 5.29. The van der Waals surface area contributed by atoms with Crippen LogP contribution < -0.4 is 4.90 Å². The van der Waals surface area contributed by atoms with Crippen molar-refractivity contribution in [3.05, 3.63) is 28.5 Å². The summed E-state index contributed by atoms with van der Waals surface area (Å²) in [6.45, 7) is 1.58. The minimum Gasteiger partial charge on any atom is -0.311 e. The van der Waals surface area contributed by atoms with Gasteiger partial charge in [0.15, 0.2) is 0 Å². The van der Waals surface area contributed by atoms with E-state index in [0.29, 0.717) is 11.3 Å². The fraction of sp³-hybridized carbons (Fsp3) is 0.417. The number of rotatable bonds is 3. The number of nitrogens with zero attached hydrogens (tertiary/aromatic N) is 1. The van der Waals surface area contributed by atoms with E-state index < -0.39 is 27.7 Å². The SMILES string of the molecule is Cc1cc(N2CC(CS(=O)(=O)F)CC2=O)c(Cl)cc1F. The second-order valence-corrected chi connectivity index (χ2v) is 6.65. The van der Waals surface area contributed by atoms with Crippen LogP contribution >= 0.6 is 11.6 Å². The van der Waals surface area contributed by atoms with E-state index in [9.17, 15) is 21.5 Å². The topological polar surface area (TPSA) is 54.5 Å². The number of anilines is 1. The third kappa shape index (κ3) is 3.27. The molecular formula is C12H12ClF2NO3S. The van der Waals surface area contributed by atoms with Gasteiger partial charge in [-0.1, -0.05) is 11.6 Å². The molecule has 0 aromatic heterocycles. The summed E-state index contributed by atoms with van der Waals surface area (Å²) in [6, 6.07) is 2.51. The minimum absolute atomic E-state index is 0.0484. The molecule has 8 heteroatoms. The highest BCUT2D eigenvalue weighted by Gasteiger charge is 2.34. The van der Waals surface area contributed by atoms with Crippen molar-refractivity contribution in [1.29, 1.82) is 0 Å². The minimum atomic E-state index is -4.63. The van der Waals surface area contributed by atoms with Crippen LogP contribution in [0.3, 0.4) is 0 Å². The van der Waals surface area contributed by atoms with E-state index in [-0.39, 0.29) is 23.9 Å². The Morgan fingerprint density at radius 3 is 2.70 bits per heavy atom. The Bertz CT molecular complexity index is 663. The van der Waals surface area contributed by atoms with Gasteiger partial charge in [-0.25, -0.2) is 4.39 Å². The fourth-order valence-electron chi connectivity index (χ4n) is 2.26. The van der Waals surface area contributed by atoms with Crippen LogP contribution in [0.25, 0.3) is 0 Å². The van der Waals surface area contributed by atoms with Crippen molar-refractivity contribution in [2.75, 3.05) is 17.2 Å². The van der Waals surface area contributed by atoms with Gasteiger partial charge in [0.25, 0.3) is 0 Å². The largest absolute Gasteiger partial charge is 0.311 e. The van der Waals surface area contributed by atoms with E-state index in [4.69, 9.17) is 11.6 Å². The summed E-state index contributed by atoms with van der Waals surface area (Å²) in [5, 5.41) is 0.0604. The first-order valence-corrected chi connectivity index (χ1v) is 7.79. The van der Waals surface area contributed by atoms with Crippen molar-refractivity contribution in [3.8, 4) is 0 Å². The number of hydrogen-bond acceptors (Lipinski definition) is 3. The summed E-state index contributed by atoms with van der Waals surface area (Å²) >= 11 is 5.90. The number of amides is 1. The third-order valence-corrected chi connectivity index (χ3v) is 4.33. The van der Waals surface area contributed by atoms with Crippen LogP contribution in [-0.2, 0) is 15.0 Å². The predicted octanol–water partition coefficient (Wildman–Crippen LogP) is 2.44. The maximum absolute atomic E-state index is 13.3. The van der Waals surface area contributed by atoms with Crippen LogP contribution in [0.5, 0.6) is 0 Å². The van der Waals surface area contributed by atoms with Gasteiger partial charge in [-0.15, -0.1) is 3.89 Å². The molecule has 1 heterocycles. The smallest absolute Gasteiger partial charge is 0.302 e. The maximum Gasteiger partial charge on any atom is 0.302 e. The Hall–Kier alpha value is -1.21. The number of halogens is 3. The van der Waals surface area contributed by atoms with Crippen LogP contribution in [0.1, 0.15) is 12.0 Å². The summed E-state index contributed by atoms with van der Waals surface area (Å²) in [4.78, 5) is 13.1. The molecule has 4 nitrogen and oxygen atoms in total. The van der Waals surface area contributed by atoms with Gasteiger partial charge in [-0.2, -0.15) is 8.42 Å². The normalized spacial score (nSPS) is 19.7. The molecule has 1 fully saturated rings. The van der Waals surface area contributed by atoms with Crippen molar-refractivity contribution in [2.24, 2.45) is 5.92 Å². The molecular weight excluding hydrogens is 312 g/mol. The highest BCUT2D eigenvalue weighted by atomic mass is 35.5. The first-order valence-electron chi connectivity index (χ1n) is 5.85. The third-order valence-electron chi connectivity index (χ3n) is 3.16. The molecule has 20 heavy (non-hydrogen) atoms. The molecule has 2 rings (SSSR count). The molecule has 1 saturated heterocycles. The fourth-order valence-corrected chi connectivity index (χ4v) is 3.30. The van der Waals surface area contributed by atoms with E-state index in [1.807, 2.05) is 0 Å². The molecule has 1 aromatic carbocycles. The van der Waals surface area contributed by atoms with Gasteiger partial charge in [0.2, 0.25) is 5.91 Å². The average molecular weight is 324 g/mol. The number of carbonyl (C=O) groups is 1. The monoisotopic (exact) mass is 323 g/mol. The lowest BCUT2D eigenvalue weighted by Gasteiger charge is -2.19. The lowest BCUT2D eigenvalue weighted by molar-refractivity contribution is -0.117. The number of benzene rings is 1. The van der Waals surface area contributed by atoms with Crippen LogP contribution in [0.2, 0.25) is 5.02 Å². The van der Waals surface area contributed by atoms with E-state index in [1.54, 1.807) is 0 Å². The Morgan fingerprint density at radius 1 is 1.45 bits per heavy atom. The summed E-state index contributed by atoms with van der Waals surface area (Å²) < 4.78 is 47.2. The zero-order valence-electron chi connectivity index (χ0n) is 10.6. The van der Waals surface area contributed by atoms with Gasteiger partial charge < -0.3 is 4.90 Å². The molecule has 1 aliphatic heterocycles. The molecule has 110 valence electrons. The Kier molecular flexibility index (Phi) is 4.02. The van der Waals surface area contributed by atoms with E-state index in [1.165, 1.54) is 17.9 Å². The van der Waals surface area contributed by atoms with Gasteiger partial charge in [-0.3, -0.25) is 4.79 Å². The molecule has 0 aliphatic carbocycles. The molecule has 0 bridgehead atoms. The van der Waals surface area contributed by atoms with Gasteiger partial charge in [0.1, 0.15) is 5.82 Å². The quantitative estimate of drug-likeness (QED) is 0.803. The molecule has 0 N–H and O–H groups in total. The maximum atomic E-state index is 13.3. The second-order valence-electron chi connectivity index (χ2n) is 4.83. The Balaban J connectivity index is 2.26. The molecule has 0 radical (unpaired) electrons. The average Bonchev–Trinajstić information content (AvgIpc) is 2.62. The molecule has 1 atom stereocenters. The summed E-state index contributed by atoms with van der Waals surface area (Å²) in [6.07, 6.45) is -0.0735. The van der Waals surface area contributed by atoms with E-state index in [2.05, 4.69) is 0 Å². The number of hydrogen-bond donors (Lipinski definition) is 0.